The first-order valence-electron chi connectivity index (χ1n) is 14.2. The molecule has 2 aromatic carbocycles. The minimum Gasteiger partial charge on any atom is -0.444 e. The van der Waals surface area contributed by atoms with Crippen LogP contribution in [0, 0.1) is 5.92 Å². The molecule has 1 unspecified atom stereocenters. The monoisotopic (exact) mass is 609 g/mol. The summed E-state index contributed by atoms with van der Waals surface area (Å²) >= 11 is 0. The number of benzene rings is 2. The summed E-state index contributed by atoms with van der Waals surface area (Å²) in [4.78, 5) is 25.6. The van der Waals surface area contributed by atoms with Crippen LogP contribution >= 0.6 is 0 Å². The number of hydrogen-bond donors (Lipinski definition) is 4. The summed E-state index contributed by atoms with van der Waals surface area (Å²) in [7, 11) is 0. The van der Waals surface area contributed by atoms with Crippen molar-refractivity contribution in [2.75, 3.05) is 11.9 Å². The van der Waals surface area contributed by atoms with Gasteiger partial charge in [0.2, 0.25) is 0 Å². The number of carbonyl (C=O) groups is 2. The molecule has 1 fully saturated rings. The molecule has 1 atom stereocenters. The second kappa shape index (κ2) is 12.5. The molecule has 0 aliphatic heterocycles. The van der Waals surface area contributed by atoms with Gasteiger partial charge in [0.1, 0.15) is 11.3 Å². The highest BCUT2D eigenvalue weighted by Crippen LogP contribution is 2.32. The molecule has 0 saturated heterocycles. The third-order valence-electron chi connectivity index (χ3n) is 6.86. The van der Waals surface area contributed by atoms with E-state index in [1.54, 1.807) is 69.6 Å². The average molecular weight is 610 g/mol. The number of ether oxygens (including phenoxy) is 1. The zero-order valence-electron chi connectivity index (χ0n) is 24.5. The molecule has 4 aromatic rings. The largest absolute Gasteiger partial charge is 0.444 e. The molecular formula is C31H34F3N7O3. The second-order valence-corrected chi connectivity index (χ2v) is 11.7. The zero-order chi connectivity index (χ0) is 31.5. The lowest BCUT2D eigenvalue weighted by atomic mass is 10.0. The lowest BCUT2D eigenvalue weighted by molar-refractivity contribution is -0.141. The maximum absolute atomic E-state index is 13.7. The van der Waals surface area contributed by atoms with Crippen LogP contribution in [-0.4, -0.2) is 44.1 Å². The number of H-pyrrole nitrogens is 1. The van der Waals surface area contributed by atoms with E-state index in [-0.39, 0.29) is 24.0 Å². The van der Waals surface area contributed by atoms with E-state index in [1.807, 2.05) is 6.07 Å². The fraction of sp³-hybridized carbons (Fsp3) is 0.355. The third kappa shape index (κ3) is 8.04. The number of hydrogen-bond acceptors (Lipinski definition) is 6. The molecular weight excluding hydrogens is 575 g/mol. The Bertz CT molecular complexity index is 1610. The van der Waals surface area contributed by atoms with Gasteiger partial charge in [0.15, 0.2) is 5.69 Å². The Hall–Kier alpha value is -4.65. The van der Waals surface area contributed by atoms with Crippen molar-refractivity contribution in [1.82, 2.24) is 30.6 Å². The first-order chi connectivity index (χ1) is 20.9. The molecule has 232 valence electrons. The number of aromatic nitrogens is 4. The van der Waals surface area contributed by atoms with Gasteiger partial charge in [-0.05, 0) is 81.5 Å². The number of alkyl halides is 3. The molecule has 5 rings (SSSR count). The predicted molar refractivity (Wildman–Crippen MR) is 157 cm³/mol. The van der Waals surface area contributed by atoms with E-state index in [1.165, 1.54) is 18.9 Å². The fourth-order valence-corrected chi connectivity index (χ4v) is 4.61. The van der Waals surface area contributed by atoms with Gasteiger partial charge >= 0.3 is 12.3 Å². The first kappa shape index (κ1) is 30.8. The van der Waals surface area contributed by atoms with E-state index in [0.717, 1.165) is 28.4 Å². The smallest absolute Gasteiger partial charge is 0.435 e. The standard InChI is InChI=1S/C31H34F3N7O3/c1-30(2,3)44-29(43)36-16-20-6-4-9-24(12-20)41-25(14-26(40-41)31(32,33)34)28(42)39-23-8-5-7-21(13-23)27(22-17-37-38-18-22)35-15-19-10-11-19/h4-9,12-14,17-19,27,35H,10-11,15-16H2,1-3H3,(H,36,43)(H,37,38)(H,39,42). The quantitative estimate of drug-likeness (QED) is 0.175. The van der Waals surface area contributed by atoms with Crippen LogP contribution in [0.25, 0.3) is 5.69 Å². The van der Waals surface area contributed by atoms with E-state index >= 15 is 0 Å². The summed E-state index contributed by atoms with van der Waals surface area (Å²) in [5, 5.41) is 19.5. The van der Waals surface area contributed by atoms with Crippen molar-refractivity contribution in [3.63, 3.8) is 0 Å². The molecule has 4 N–H and O–H groups in total. The normalized spacial score (nSPS) is 14.2. The van der Waals surface area contributed by atoms with Crippen molar-refractivity contribution in [2.24, 2.45) is 5.92 Å². The Kier molecular flexibility index (Phi) is 8.77. The summed E-state index contributed by atoms with van der Waals surface area (Å²) in [5.74, 6) is -0.143. The lowest BCUT2D eigenvalue weighted by Crippen LogP contribution is -2.32. The molecule has 2 amide bonds. The van der Waals surface area contributed by atoms with Gasteiger partial charge in [-0.3, -0.25) is 9.89 Å². The Morgan fingerprint density at radius 1 is 1.07 bits per heavy atom. The molecule has 44 heavy (non-hydrogen) atoms. The maximum Gasteiger partial charge on any atom is 0.435 e. The number of rotatable bonds is 10. The summed E-state index contributed by atoms with van der Waals surface area (Å²) in [6.07, 6.45) is 0.465. The van der Waals surface area contributed by atoms with E-state index in [4.69, 9.17) is 4.74 Å². The van der Waals surface area contributed by atoms with Crippen molar-refractivity contribution in [2.45, 2.75) is 58.0 Å². The van der Waals surface area contributed by atoms with Gasteiger partial charge in [0.05, 0.1) is 17.9 Å². The van der Waals surface area contributed by atoms with Gasteiger partial charge in [-0.25, -0.2) is 9.48 Å². The summed E-state index contributed by atoms with van der Waals surface area (Å²) in [5.41, 5.74) is 0.765. The van der Waals surface area contributed by atoms with Gasteiger partial charge in [-0.1, -0.05) is 24.3 Å². The molecule has 1 saturated carbocycles. The SMILES string of the molecule is CC(C)(C)OC(=O)NCc1cccc(-n2nc(C(F)(F)F)cc2C(=O)Nc2cccc(C(NCC3CC3)c3cn[nH]c3)c2)c1. The number of aromatic amines is 1. The molecule has 10 nitrogen and oxygen atoms in total. The highest BCUT2D eigenvalue weighted by Gasteiger charge is 2.36. The van der Waals surface area contributed by atoms with Crippen molar-refractivity contribution in [3.05, 3.63) is 95.1 Å². The van der Waals surface area contributed by atoms with Gasteiger partial charge in [-0.15, -0.1) is 0 Å². The second-order valence-electron chi connectivity index (χ2n) is 11.7. The van der Waals surface area contributed by atoms with Crippen LogP contribution in [0.4, 0.5) is 23.7 Å². The number of amides is 2. The number of halogens is 3. The van der Waals surface area contributed by atoms with Gasteiger partial charge < -0.3 is 20.7 Å². The van der Waals surface area contributed by atoms with Crippen LogP contribution in [0.1, 0.15) is 72.5 Å². The Morgan fingerprint density at radius 3 is 2.52 bits per heavy atom. The minimum atomic E-state index is -4.78. The third-order valence-corrected chi connectivity index (χ3v) is 6.86. The first-order valence-corrected chi connectivity index (χ1v) is 14.2. The van der Waals surface area contributed by atoms with Crippen LogP contribution in [0.3, 0.4) is 0 Å². The summed E-state index contributed by atoms with van der Waals surface area (Å²) < 4.78 is 47.4. The van der Waals surface area contributed by atoms with Gasteiger partial charge in [0, 0.05) is 30.1 Å². The van der Waals surface area contributed by atoms with E-state index < -0.39 is 29.5 Å². The number of nitrogens with zero attached hydrogens (tertiary/aromatic N) is 3. The van der Waals surface area contributed by atoms with Crippen molar-refractivity contribution in [1.29, 1.82) is 0 Å². The average Bonchev–Trinajstić information content (AvgIpc) is 3.40. The van der Waals surface area contributed by atoms with Crippen molar-refractivity contribution < 1.29 is 27.5 Å². The maximum atomic E-state index is 13.7. The van der Waals surface area contributed by atoms with Crippen LogP contribution in [0.2, 0.25) is 0 Å². The number of alkyl carbamates (subject to hydrolysis) is 1. The topological polar surface area (TPSA) is 126 Å². The molecule has 0 spiro atoms. The molecule has 1 aliphatic rings. The van der Waals surface area contributed by atoms with Crippen LogP contribution < -0.4 is 16.0 Å². The molecule has 0 radical (unpaired) electrons. The Balaban J connectivity index is 1.38. The number of carbonyl (C=O) groups excluding carboxylic acids is 2. The Labute approximate surface area is 252 Å². The molecule has 0 bridgehead atoms. The molecule has 2 aromatic heterocycles. The highest BCUT2D eigenvalue weighted by molar-refractivity contribution is 6.03. The lowest BCUT2D eigenvalue weighted by Gasteiger charge is -2.19. The highest BCUT2D eigenvalue weighted by atomic mass is 19.4. The number of nitrogens with one attached hydrogen (secondary N) is 4. The van der Waals surface area contributed by atoms with E-state index in [2.05, 4.69) is 31.2 Å². The summed E-state index contributed by atoms with van der Waals surface area (Å²) in [6.45, 7) is 6.08. The van der Waals surface area contributed by atoms with Crippen LogP contribution in [0.5, 0.6) is 0 Å². The Morgan fingerprint density at radius 2 is 1.84 bits per heavy atom. The molecule has 13 heteroatoms. The zero-order valence-corrected chi connectivity index (χ0v) is 24.5. The molecule has 1 aliphatic carbocycles. The van der Waals surface area contributed by atoms with E-state index in [9.17, 15) is 22.8 Å². The fourth-order valence-electron chi connectivity index (χ4n) is 4.61. The number of anilines is 1. The van der Waals surface area contributed by atoms with Crippen molar-refractivity contribution in [3.8, 4) is 5.69 Å². The van der Waals surface area contributed by atoms with Crippen LogP contribution in [0.15, 0.2) is 67.0 Å². The minimum absolute atomic E-state index is 0.0527. The predicted octanol–water partition coefficient (Wildman–Crippen LogP) is 5.98. The van der Waals surface area contributed by atoms with Gasteiger partial charge in [0.25, 0.3) is 5.91 Å². The molecule has 2 heterocycles. The van der Waals surface area contributed by atoms with Gasteiger partial charge in [-0.2, -0.15) is 23.4 Å². The summed E-state index contributed by atoms with van der Waals surface area (Å²) in [6, 6.07) is 14.0. The van der Waals surface area contributed by atoms with E-state index in [0.29, 0.717) is 17.2 Å². The van der Waals surface area contributed by atoms with Crippen molar-refractivity contribution >= 4 is 17.7 Å². The van der Waals surface area contributed by atoms with Crippen LogP contribution in [-0.2, 0) is 17.5 Å².